The van der Waals surface area contributed by atoms with Crippen LogP contribution in [0.4, 0.5) is 5.69 Å². The molecule has 0 spiro atoms. The summed E-state index contributed by atoms with van der Waals surface area (Å²) < 4.78 is 5.46. The van der Waals surface area contributed by atoms with Gasteiger partial charge >= 0.3 is 0 Å². The normalized spacial score (nSPS) is 11.2. The van der Waals surface area contributed by atoms with Gasteiger partial charge in [0.1, 0.15) is 11.5 Å². The Morgan fingerprint density at radius 1 is 0.971 bits per heavy atom. The molecule has 3 N–H and O–H groups in total. The predicted molar refractivity (Wildman–Crippen MR) is 137 cm³/mol. The highest BCUT2D eigenvalue weighted by Crippen LogP contribution is 2.27. The molecule has 0 aliphatic rings. The van der Waals surface area contributed by atoms with Crippen molar-refractivity contribution in [1.82, 2.24) is 5.43 Å². The van der Waals surface area contributed by atoms with Gasteiger partial charge in [-0.05, 0) is 65.7 Å². The highest BCUT2D eigenvalue weighted by atomic mass is 35.5. The van der Waals surface area contributed by atoms with E-state index in [0.717, 1.165) is 5.39 Å². The monoisotopic (exact) mass is 487 g/mol. The van der Waals surface area contributed by atoms with Crippen LogP contribution in [0.25, 0.3) is 10.8 Å². The van der Waals surface area contributed by atoms with Crippen molar-refractivity contribution < 1.29 is 19.4 Å². The number of carbonyl (C=O) groups excluding carboxylic acids is 2. The Hall–Kier alpha value is -4.36. The van der Waals surface area contributed by atoms with Gasteiger partial charge in [-0.2, -0.15) is 5.10 Å². The Bertz CT molecular complexity index is 1420. The number of hydrogen-bond acceptors (Lipinski definition) is 5. The zero-order valence-corrected chi connectivity index (χ0v) is 19.5. The Balaban J connectivity index is 1.41. The molecule has 7 nitrogen and oxygen atoms in total. The fourth-order valence-corrected chi connectivity index (χ4v) is 3.58. The van der Waals surface area contributed by atoms with Crippen LogP contribution in [0.5, 0.6) is 11.5 Å². The molecule has 0 atom stereocenters. The quantitative estimate of drug-likeness (QED) is 0.241. The average Bonchev–Trinajstić information content (AvgIpc) is 2.87. The van der Waals surface area contributed by atoms with E-state index < -0.39 is 5.91 Å². The van der Waals surface area contributed by atoms with Gasteiger partial charge in [-0.15, -0.1) is 0 Å². The van der Waals surface area contributed by atoms with Crippen molar-refractivity contribution in [2.75, 3.05) is 11.9 Å². The highest BCUT2D eigenvalue weighted by Gasteiger charge is 2.15. The lowest BCUT2D eigenvalue weighted by molar-refractivity contribution is -0.118. The topological polar surface area (TPSA) is 100 Å². The van der Waals surface area contributed by atoms with Crippen LogP contribution in [-0.2, 0) is 4.79 Å². The van der Waals surface area contributed by atoms with E-state index >= 15 is 0 Å². The Morgan fingerprint density at radius 2 is 1.74 bits per heavy atom. The molecule has 0 radical (unpaired) electrons. The molecule has 0 fully saturated rings. The van der Waals surface area contributed by atoms with Crippen molar-refractivity contribution >= 4 is 45.6 Å². The molecule has 2 amide bonds. The number of carbonyl (C=O) groups is 2. The second-order valence-electron chi connectivity index (χ2n) is 7.69. The standard InChI is InChI=1S/C27H22ClN3O4/c1-17(30-31-27(34)26-23-8-3-2-5-18(23)9-14-24(26)32)19-6-4-7-21(15-19)29-25(33)16-35-22-12-10-20(28)11-13-22/h2-15,32H,16H2,1H3,(H,29,33)(H,31,34)/b30-17+. The van der Waals surface area contributed by atoms with E-state index in [0.29, 0.717) is 33.1 Å². The fraction of sp³-hybridized carbons (Fsp3) is 0.0741. The number of nitrogens with one attached hydrogen (secondary N) is 2. The molecule has 0 aromatic heterocycles. The van der Waals surface area contributed by atoms with E-state index in [9.17, 15) is 14.7 Å². The third kappa shape index (κ3) is 5.96. The Morgan fingerprint density at radius 3 is 2.54 bits per heavy atom. The van der Waals surface area contributed by atoms with Crippen molar-refractivity contribution in [2.45, 2.75) is 6.92 Å². The van der Waals surface area contributed by atoms with Gasteiger partial charge in [0.2, 0.25) is 0 Å². The molecule has 35 heavy (non-hydrogen) atoms. The lowest BCUT2D eigenvalue weighted by Gasteiger charge is -2.10. The van der Waals surface area contributed by atoms with Gasteiger partial charge in [0, 0.05) is 10.7 Å². The largest absolute Gasteiger partial charge is 0.507 e. The van der Waals surface area contributed by atoms with Crippen LogP contribution in [0.3, 0.4) is 0 Å². The molecule has 0 heterocycles. The fourth-order valence-electron chi connectivity index (χ4n) is 3.45. The summed E-state index contributed by atoms with van der Waals surface area (Å²) in [5, 5.41) is 19.2. The van der Waals surface area contributed by atoms with Gasteiger partial charge in [0.05, 0.1) is 11.3 Å². The first-order chi connectivity index (χ1) is 16.9. The van der Waals surface area contributed by atoms with Crippen LogP contribution in [-0.4, -0.2) is 29.2 Å². The summed E-state index contributed by atoms with van der Waals surface area (Å²) in [5.41, 5.74) is 4.43. The van der Waals surface area contributed by atoms with Crippen molar-refractivity contribution in [1.29, 1.82) is 0 Å². The minimum Gasteiger partial charge on any atom is -0.507 e. The second-order valence-corrected chi connectivity index (χ2v) is 8.13. The molecule has 4 rings (SSSR count). The predicted octanol–water partition coefficient (Wildman–Crippen LogP) is 5.37. The maximum Gasteiger partial charge on any atom is 0.275 e. The molecule has 0 saturated carbocycles. The number of hydrogen-bond donors (Lipinski definition) is 3. The maximum absolute atomic E-state index is 12.8. The molecular weight excluding hydrogens is 466 g/mol. The third-order valence-electron chi connectivity index (χ3n) is 5.21. The molecule has 4 aromatic rings. The average molecular weight is 488 g/mol. The summed E-state index contributed by atoms with van der Waals surface area (Å²) in [5.74, 6) is -0.442. The van der Waals surface area contributed by atoms with Crippen molar-refractivity contribution in [2.24, 2.45) is 5.10 Å². The second kappa shape index (κ2) is 10.7. The number of benzene rings is 4. The van der Waals surface area contributed by atoms with E-state index in [1.165, 1.54) is 6.07 Å². The Labute approximate surface area is 207 Å². The first kappa shape index (κ1) is 23.8. The number of aromatic hydroxyl groups is 1. The van der Waals surface area contributed by atoms with Crippen LogP contribution in [0, 0.1) is 0 Å². The summed E-state index contributed by atoms with van der Waals surface area (Å²) in [6, 6.07) is 24.3. The first-order valence-corrected chi connectivity index (χ1v) is 11.1. The lowest BCUT2D eigenvalue weighted by atomic mass is 10.0. The van der Waals surface area contributed by atoms with Gasteiger partial charge < -0.3 is 15.2 Å². The first-order valence-electron chi connectivity index (χ1n) is 10.7. The lowest BCUT2D eigenvalue weighted by Crippen LogP contribution is -2.21. The molecule has 0 aliphatic heterocycles. The van der Waals surface area contributed by atoms with Crippen LogP contribution in [0.2, 0.25) is 5.02 Å². The summed E-state index contributed by atoms with van der Waals surface area (Å²) in [4.78, 5) is 25.1. The molecule has 8 heteroatoms. The minimum atomic E-state index is -0.526. The zero-order chi connectivity index (χ0) is 24.8. The number of amides is 2. The van der Waals surface area contributed by atoms with Crippen molar-refractivity contribution in [3.63, 3.8) is 0 Å². The van der Waals surface area contributed by atoms with Gasteiger partial charge in [-0.25, -0.2) is 5.43 Å². The van der Waals surface area contributed by atoms with Crippen LogP contribution in [0.15, 0.2) is 90.0 Å². The molecule has 0 saturated heterocycles. The molecule has 0 unspecified atom stereocenters. The maximum atomic E-state index is 12.8. The minimum absolute atomic E-state index is 0.125. The van der Waals surface area contributed by atoms with Crippen LogP contribution in [0.1, 0.15) is 22.8 Å². The smallest absolute Gasteiger partial charge is 0.275 e. The van der Waals surface area contributed by atoms with Gasteiger partial charge in [-0.1, -0.05) is 54.1 Å². The highest BCUT2D eigenvalue weighted by molar-refractivity contribution is 6.30. The number of phenolic OH excluding ortho intramolecular Hbond substituents is 1. The SMILES string of the molecule is C/C(=N\NC(=O)c1c(O)ccc2ccccc12)c1cccc(NC(=O)COc2ccc(Cl)cc2)c1. The summed E-state index contributed by atoms with van der Waals surface area (Å²) >= 11 is 5.84. The summed E-state index contributed by atoms with van der Waals surface area (Å²) in [6.07, 6.45) is 0. The van der Waals surface area contributed by atoms with E-state index in [4.69, 9.17) is 16.3 Å². The number of hydrazone groups is 1. The van der Waals surface area contributed by atoms with E-state index in [2.05, 4.69) is 15.8 Å². The molecule has 0 bridgehead atoms. The number of ether oxygens (including phenoxy) is 1. The number of nitrogens with zero attached hydrogens (tertiary/aromatic N) is 1. The number of anilines is 1. The molecular formula is C27H22ClN3O4. The number of halogens is 1. The molecule has 4 aromatic carbocycles. The van der Waals surface area contributed by atoms with E-state index in [1.54, 1.807) is 73.7 Å². The van der Waals surface area contributed by atoms with Gasteiger partial charge in [-0.3, -0.25) is 9.59 Å². The summed E-state index contributed by atoms with van der Waals surface area (Å²) in [6.45, 7) is 1.57. The van der Waals surface area contributed by atoms with Gasteiger partial charge in [0.15, 0.2) is 6.61 Å². The van der Waals surface area contributed by atoms with Gasteiger partial charge in [0.25, 0.3) is 11.8 Å². The summed E-state index contributed by atoms with van der Waals surface area (Å²) in [7, 11) is 0. The zero-order valence-electron chi connectivity index (χ0n) is 18.8. The van der Waals surface area contributed by atoms with Crippen LogP contribution < -0.4 is 15.5 Å². The van der Waals surface area contributed by atoms with E-state index in [1.807, 2.05) is 12.1 Å². The molecule has 176 valence electrons. The van der Waals surface area contributed by atoms with Crippen LogP contribution >= 0.6 is 11.6 Å². The third-order valence-corrected chi connectivity index (χ3v) is 5.46. The van der Waals surface area contributed by atoms with E-state index in [-0.39, 0.29) is 23.8 Å². The number of fused-ring (bicyclic) bond motifs is 1. The van der Waals surface area contributed by atoms with Crippen molar-refractivity contribution in [3.8, 4) is 11.5 Å². The van der Waals surface area contributed by atoms with Crippen molar-refractivity contribution in [3.05, 3.63) is 101 Å². The Kier molecular flexibility index (Phi) is 7.28. The molecule has 0 aliphatic carbocycles. The number of rotatable bonds is 7. The number of phenols is 1.